The topological polar surface area (TPSA) is 20.3 Å². The number of alkyl halides is 1. The van der Waals surface area contributed by atoms with Crippen molar-refractivity contribution >= 4 is 21.8 Å². The third-order valence-corrected chi connectivity index (χ3v) is 3.95. The SMILES string of the molecule is CCC(Br)C(=O)N(C)C(C)c1ccccc1F. The van der Waals surface area contributed by atoms with Crippen molar-refractivity contribution in [2.24, 2.45) is 0 Å². The maximum atomic E-state index is 13.6. The van der Waals surface area contributed by atoms with E-state index in [9.17, 15) is 9.18 Å². The number of hydrogen-bond donors (Lipinski definition) is 0. The maximum Gasteiger partial charge on any atom is 0.236 e. The van der Waals surface area contributed by atoms with E-state index in [1.807, 2.05) is 13.8 Å². The minimum absolute atomic E-state index is 0.0248. The van der Waals surface area contributed by atoms with E-state index in [1.54, 1.807) is 30.1 Å². The third kappa shape index (κ3) is 3.28. The van der Waals surface area contributed by atoms with Crippen LogP contribution in [-0.2, 0) is 4.79 Å². The van der Waals surface area contributed by atoms with Crippen LogP contribution in [-0.4, -0.2) is 22.7 Å². The molecule has 0 bridgehead atoms. The molecule has 1 aromatic carbocycles. The van der Waals surface area contributed by atoms with Gasteiger partial charge < -0.3 is 4.90 Å². The highest BCUT2D eigenvalue weighted by molar-refractivity contribution is 9.10. The van der Waals surface area contributed by atoms with Gasteiger partial charge in [-0.1, -0.05) is 41.1 Å². The Morgan fingerprint density at radius 1 is 1.47 bits per heavy atom. The van der Waals surface area contributed by atoms with Crippen LogP contribution in [0.4, 0.5) is 4.39 Å². The van der Waals surface area contributed by atoms with Crippen molar-refractivity contribution in [1.29, 1.82) is 0 Å². The van der Waals surface area contributed by atoms with Crippen LogP contribution in [0.5, 0.6) is 0 Å². The molecule has 0 heterocycles. The quantitative estimate of drug-likeness (QED) is 0.779. The largest absolute Gasteiger partial charge is 0.338 e. The number of carbonyl (C=O) groups is 1. The summed E-state index contributed by atoms with van der Waals surface area (Å²) in [6, 6.07) is 6.27. The summed E-state index contributed by atoms with van der Waals surface area (Å²) in [5.41, 5.74) is 0.541. The van der Waals surface area contributed by atoms with Gasteiger partial charge >= 0.3 is 0 Å². The van der Waals surface area contributed by atoms with Gasteiger partial charge in [0.25, 0.3) is 0 Å². The third-order valence-electron chi connectivity index (χ3n) is 2.91. The molecule has 0 aromatic heterocycles. The summed E-state index contributed by atoms with van der Waals surface area (Å²) in [5, 5.41) is 0. The molecule has 2 unspecified atom stereocenters. The monoisotopic (exact) mass is 301 g/mol. The first-order valence-corrected chi connectivity index (χ1v) is 6.55. The second kappa shape index (κ2) is 6.15. The Balaban J connectivity index is 2.87. The van der Waals surface area contributed by atoms with Crippen LogP contribution in [0.1, 0.15) is 31.9 Å². The summed E-state index contributed by atoms with van der Waals surface area (Å²) in [7, 11) is 1.70. The molecule has 0 aliphatic carbocycles. The van der Waals surface area contributed by atoms with Crippen molar-refractivity contribution in [3.05, 3.63) is 35.6 Å². The van der Waals surface area contributed by atoms with Crippen molar-refractivity contribution < 1.29 is 9.18 Å². The number of halogens is 2. The van der Waals surface area contributed by atoms with Crippen LogP contribution in [0.2, 0.25) is 0 Å². The average Bonchev–Trinajstić information content (AvgIpc) is 2.35. The van der Waals surface area contributed by atoms with E-state index in [1.165, 1.54) is 6.07 Å². The molecule has 0 aliphatic rings. The van der Waals surface area contributed by atoms with Gasteiger partial charge in [0.05, 0.1) is 10.9 Å². The Kier molecular flexibility index (Phi) is 5.12. The molecule has 0 saturated carbocycles. The highest BCUT2D eigenvalue weighted by Gasteiger charge is 2.23. The van der Waals surface area contributed by atoms with Gasteiger partial charge in [0, 0.05) is 12.6 Å². The van der Waals surface area contributed by atoms with Gasteiger partial charge in [-0.2, -0.15) is 0 Å². The fourth-order valence-corrected chi connectivity index (χ4v) is 1.93. The lowest BCUT2D eigenvalue weighted by Crippen LogP contribution is -2.35. The molecular weight excluding hydrogens is 285 g/mol. The Hall–Kier alpha value is -0.900. The van der Waals surface area contributed by atoms with Crippen LogP contribution in [0.25, 0.3) is 0 Å². The van der Waals surface area contributed by atoms with Crippen LogP contribution in [0.3, 0.4) is 0 Å². The van der Waals surface area contributed by atoms with E-state index in [2.05, 4.69) is 15.9 Å². The smallest absolute Gasteiger partial charge is 0.236 e. The van der Waals surface area contributed by atoms with Crippen molar-refractivity contribution in [1.82, 2.24) is 4.90 Å². The molecule has 4 heteroatoms. The summed E-state index contributed by atoms with van der Waals surface area (Å²) in [4.78, 5) is 13.3. The molecule has 2 atom stereocenters. The molecule has 0 spiro atoms. The van der Waals surface area contributed by atoms with Crippen molar-refractivity contribution in [3.63, 3.8) is 0 Å². The molecule has 0 fully saturated rings. The standard InChI is InChI=1S/C13H17BrFNO/c1-4-11(14)13(17)16(3)9(2)10-7-5-6-8-12(10)15/h5-9,11H,4H2,1-3H3. The molecule has 1 aromatic rings. The van der Waals surface area contributed by atoms with Gasteiger partial charge in [0.2, 0.25) is 5.91 Å². The number of benzene rings is 1. The van der Waals surface area contributed by atoms with Crippen molar-refractivity contribution in [2.75, 3.05) is 7.05 Å². The van der Waals surface area contributed by atoms with E-state index in [0.717, 1.165) is 0 Å². The lowest BCUT2D eigenvalue weighted by atomic mass is 10.1. The molecule has 0 radical (unpaired) electrons. The summed E-state index contributed by atoms with van der Waals surface area (Å²) in [6.07, 6.45) is 0.715. The summed E-state index contributed by atoms with van der Waals surface area (Å²) < 4.78 is 13.6. The maximum absolute atomic E-state index is 13.6. The number of amides is 1. The second-order valence-corrected chi connectivity index (χ2v) is 5.13. The molecule has 0 aliphatic heterocycles. The first-order valence-electron chi connectivity index (χ1n) is 5.64. The fourth-order valence-electron chi connectivity index (χ4n) is 1.61. The average molecular weight is 302 g/mol. The zero-order valence-corrected chi connectivity index (χ0v) is 11.9. The fraction of sp³-hybridized carbons (Fsp3) is 0.462. The number of rotatable bonds is 4. The second-order valence-electron chi connectivity index (χ2n) is 4.02. The van der Waals surface area contributed by atoms with E-state index in [-0.39, 0.29) is 22.6 Å². The van der Waals surface area contributed by atoms with Gasteiger partial charge in [-0.25, -0.2) is 4.39 Å². The van der Waals surface area contributed by atoms with Crippen molar-refractivity contribution in [3.8, 4) is 0 Å². The Morgan fingerprint density at radius 3 is 2.59 bits per heavy atom. The summed E-state index contributed by atoms with van der Waals surface area (Å²) in [6.45, 7) is 3.75. The van der Waals surface area contributed by atoms with E-state index in [4.69, 9.17) is 0 Å². The van der Waals surface area contributed by atoms with Crippen LogP contribution >= 0.6 is 15.9 Å². The zero-order chi connectivity index (χ0) is 13.0. The van der Waals surface area contributed by atoms with Gasteiger partial charge in [-0.3, -0.25) is 4.79 Å². The minimum atomic E-state index is -0.276. The summed E-state index contributed by atoms with van der Waals surface area (Å²) >= 11 is 3.32. The van der Waals surface area contributed by atoms with E-state index in [0.29, 0.717) is 12.0 Å². The molecule has 1 rings (SSSR count). The van der Waals surface area contributed by atoms with Gasteiger partial charge in [0.1, 0.15) is 5.82 Å². The van der Waals surface area contributed by atoms with Crippen LogP contribution in [0.15, 0.2) is 24.3 Å². The minimum Gasteiger partial charge on any atom is -0.338 e. The Bertz CT molecular complexity index is 397. The van der Waals surface area contributed by atoms with Gasteiger partial charge in [0.15, 0.2) is 0 Å². The normalized spacial score (nSPS) is 14.2. The number of hydrogen-bond acceptors (Lipinski definition) is 1. The highest BCUT2D eigenvalue weighted by Crippen LogP contribution is 2.23. The lowest BCUT2D eigenvalue weighted by Gasteiger charge is -2.27. The molecular formula is C13H17BrFNO. The molecule has 0 saturated heterocycles. The Labute approximate surface area is 110 Å². The number of carbonyl (C=O) groups excluding carboxylic acids is 1. The predicted molar refractivity (Wildman–Crippen MR) is 70.6 cm³/mol. The van der Waals surface area contributed by atoms with Crippen LogP contribution < -0.4 is 0 Å². The molecule has 2 nitrogen and oxygen atoms in total. The number of nitrogens with zero attached hydrogens (tertiary/aromatic N) is 1. The first-order chi connectivity index (χ1) is 7.99. The Morgan fingerprint density at radius 2 is 2.06 bits per heavy atom. The molecule has 94 valence electrons. The summed E-state index contributed by atoms with van der Waals surface area (Å²) in [5.74, 6) is -0.300. The molecule has 17 heavy (non-hydrogen) atoms. The lowest BCUT2D eigenvalue weighted by molar-refractivity contribution is -0.131. The molecule has 0 N–H and O–H groups in total. The van der Waals surface area contributed by atoms with E-state index < -0.39 is 0 Å². The first kappa shape index (κ1) is 14.2. The molecule has 1 amide bonds. The van der Waals surface area contributed by atoms with E-state index >= 15 is 0 Å². The zero-order valence-electron chi connectivity index (χ0n) is 10.3. The predicted octanol–water partition coefficient (Wildman–Crippen LogP) is 3.52. The van der Waals surface area contributed by atoms with Gasteiger partial charge in [-0.05, 0) is 19.4 Å². The van der Waals surface area contributed by atoms with Crippen LogP contribution in [0, 0.1) is 5.82 Å². The van der Waals surface area contributed by atoms with Gasteiger partial charge in [-0.15, -0.1) is 0 Å². The highest BCUT2D eigenvalue weighted by atomic mass is 79.9. The van der Waals surface area contributed by atoms with Crippen molar-refractivity contribution in [2.45, 2.75) is 31.1 Å².